The zero-order chi connectivity index (χ0) is 29.6. The molecule has 41 heavy (non-hydrogen) atoms. The van der Waals surface area contributed by atoms with Crippen molar-refractivity contribution in [2.75, 3.05) is 26.7 Å². The van der Waals surface area contributed by atoms with Crippen molar-refractivity contribution in [3.8, 4) is 0 Å². The van der Waals surface area contributed by atoms with Gasteiger partial charge in [0, 0.05) is 43.4 Å². The Hall–Kier alpha value is -3.53. The first-order valence-electron chi connectivity index (χ1n) is 14.4. The molecule has 1 aliphatic heterocycles. The second kappa shape index (κ2) is 13.4. The van der Waals surface area contributed by atoms with Gasteiger partial charge < -0.3 is 20.7 Å². The van der Waals surface area contributed by atoms with E-state index < -0.39 is 35.4 Å². The predicted molar refractivity (Wildman–Crippen MR) is 160 cm³/mol. The fraction of sp³-hybridized carbons (Fsp3) is 0.469. The normalized spacial score (nSPS) is 17.0. The van der Waals surface area contributed by atoms with Crippen LogP contribution in [0.3, 0.4) is 0 Å². The van der Waals surface area contributed by atoms with Crippen molar-refractivity contribution >= 4 is 28.5 Å². The van der Waals surface area contributed by atoms with Crippen LogP contribution in [0.15, 0.2) is 60.8 Å². The monoisotopic (exact) mass is 561 g/mol. The highest BCUT2D eigenvalue weighted by molar-refractivity contribution is 6.04. The van der Waals surface area contributed by atoms with Gasteiger partial charge in [-0.25, -0.2) is 0 Å². The Bertz CT molecular complexity index is 1330. The summed E-state index contributed by atoms with van der Waals surface area (Å²) in [5.74, 6) is -1.24. The minimum Gasteiger partial charge on any atom is -0.390 e. The van der Waals surface area contributed by atoms with E-state index in [1.54, 1.807) is 20.8 Å². The van der Waals surface area contributed by atoms with Gasteiger partial charge in [-0.15, -0.1) is 0 Å². The molecule has 1 fully saturated rings. The van der Waals surface area contributed by atoms with E-state index in [-0.39, 0.29) is 18.9 Å². The molecule has 1 aromatic heterocycles. The second-order valence-electron chi connectivity index (χ2n) is 12.1. The third kappa shape index (κ3) is 8.03. The molecule has 1 saturated heterocycles. The van der Waals surface area contributed by atoms with Gasteiger partial charge in [-0.2, -0.15) is 0 Å². The average molecular weight is 562 g/mol. The van der Waals surface area contributed by atoms with Crippen molar-refractivity contribution in [1.29, 1.82) is 0 Å². The number of aromatic amines is 1. The number of hydrogen-bond donors (Lipinski definition) is 4. The molecule has 0 aliphatic carbocycles. The van der Waals surface area contributed by atoms with Crippen molar-refractivity contribution in [3.63, 3.8) is 0 Å². The van der Waals surface area contributed by atoms with Gasteiger partial charge in [0.15, 0.2) is 0 Å². The average Bonchev–Trinajstić information content (AvgIpc) is 3.65. The molecule has 4 N–H and O–H groups in total. The molecule has 1 unspecified atom stereocenters. The van der Waals surface area contributed by atoms with Crippen LogP contribution in [0.4, 0.5) is 0 Å². The van der Waals surface area contributed by atoms with Gasteiger partial charge in [0.1, 0.15) is 6.04 Å². The lowest BCUT2D eigenvalue weighted by Gasteiger charge is -2.35. The summed E-state index contributed by atoms with van der Waals surface area (Å²) in [5.41, 5.74) is 0.986. The lowest BCUT2D eigenvalue weighted by molar-refractivity contribution is -0.157. The molecular weight excluding hydrogens is 518 g/mol. The number of aromatic nitrogens is 1. The minimum absolute atomic E-state index is 0.00443. The van der Waals surface area contributed by atoms with Crippen molar-refractivity contribution < 1.29 is 19.5 Å². The van der Waals surface area contributed by atoms with Crippen molar-refractivity contribution in [2.24, 2.45) is 5.41 Å². The SMILES string of the molecule is CN(Cc1ccc[nH]1)CC(O)CNC(=O)[C@@H](Cc1ccc2ccccc2c1)N(C(=O)[C@@H]1CCCN1)C(=O)C(C)(C)C. The smallest absolute Gasteiger partial charge is 0.247 e. The van der Waals surface area contributed by atoms with E-state index >= 15 is 0 Å². The lowest BCUT2D eigenvalue weighted by atomic mass is 9.91. The number of benzene rings is 2. The number of likely N-dealkylation sites (N-methyl/N-ethyl adjacent to an activating group) is 1. The molecular formula is C32H43N5O4. The van der Waals surface area contributed by atoms with Crippen molar-refractivity contribution in [2.45, 2.75) is 64.8 Å². The number of imide groups is 1. The van der Waals surface area contributed by atoms with E-state index in [4.69, 9.17) is 0 Å². The third-order valence-electron chi connectivity index (χ3n) is 7.45. The quantitative estimate of drug-likeness (QED) is 0.286. The Balaban J connectivity index is 1.57. The molecule has 0 radical (unpaired) electrons. The van der Waals surface area contributed by atoms with Gasteiger partial charge in [-0.1, -0.05) is 63.2 Å². The second-order valence-corrected chi connectivity index (χ2v) is 12.1. The van der Waals surface area contributed by atoms with Crippen LogP contribution >= 0.6 is 0 Å². The molecule has 1 aliphatic rings. The number of carbonyl (C=O) groups is 3. The summed E-state index contributed by atoms with van der Waals surface area (Å²) in [5, 5.41) is 18.8. The number of fused-ring (bicyclic) bond motifs is 1. The summed E-state index contributed by atoms with van der Waals surface area (Å²) in [6.45, 7) is 6.92. The Morgan fingerprint density at radius 2 is 1.83 bits per heavy atom. The number of amides is 3. The van der Waals surface area contributed by atoms with Crippen LogP contribution in [0.1, 0.15) is 44.9 Å². The molecule has 3 amide bonds. The summed E-state index contributed by atoms with van der Waals surface area (Å²) in [7, 11) is 1.89. The topological polar surface area (TPSA) is 118 Å². The molecule has 4 rings (SSSR count). The number of nitrogens with zero attached hydrogens (tertiary/aromatic N) is 2. The zero-order valence-corrected chi connectivity index (χ0v) is 24.5. The van der Waals surface area contributed by atoms with Gasteiger partial charge in [0.05, 0.1) is 12.1 Å². The molecule has 3 atom stereocenters. The lowest BCUT2D eigenvalue weighted by Crippen LogP contribution is -2.60. The van der Waals surface area contributed by atoms with E-state index in [9.17, 15) is 19.5 Å². The first-order chi connectivity index (χ1) is 19.5. The minimum atomic E-state index is -1.07. The summed E-state index contributed by atoms with van der Waals surface area (Å²) in [4.78, 5) is 47.7. The Morgan fingerprint density at radius 3 is 2.49 bits per heavy atom. The fourth-order valence-corrected chi connectivity index (χ4v) is 5.29. The third-order valence-corrected chi connectivity index (χ3v) is 7.45. The highest BCUT2D eigenvalue weighted by atomic mass is 16.3. The maximum atomic E-state index is 13.8. The molecule has 0 bridgehead atoms. The maximum absolute atomic E-state index is 13.8. The molecule has 9 heteroatoms. The van der Waals surface area contributed by atoms with Crippen LogP contribution < -0.4 is 10.6 Å². The van der Waals surface area contributed by atoms with Gasteiger partial charge in [0.25, 0.3) is 0 Å². The van der Waals surface area contributed by atoms with Crippen LogP contribution in [-0.2, 0) is 27.3 Å². The Labute approximate surface area is 242 Å². The largest absolute Gasteiger partial charge is 0.390 e. The Kier molecular flexibility index (Phi) is 9.96. The van der Waals surface area contributed by atoms with E-state index in [2.05, 4.69) is 15.6 Å². The van der Waals surface area contributed by atoms with E-state index in [1.165, 1.54) is 4.90 Å². The molecule has 0 saturated carbocycles. The van der Waals surface area contributed by atoms with Crippen LogP contribution in [0.5, 0.6) is 0 Å². The van der Waals surface area contributed by atoms with E-state index in [0.717, 1.165) is 28.5 Å². The van der Waals surface area contributed by atoms with Gasteiger partial charge in [-0.3, -0.25) is 24.2 Å². The summed E-state index contributed by atoms with van der Waals surface area (Å²) >= 11 is 0. The van der Waals surface area contributed by atoms with Crippen molar-refractivity contribution in [3.05, 3.63) is 72.1 Å². The highest BCUT2D eigenvalue weighted by Gasteiger charge is 2.42. The zero-order valence-electron chi connectivity index (χ0n) is 24.5. The first-order valence-corrected chi connectivity index (χ1v) is 14.4. The number of rotatable bonds is 11. The van der Waals surface area contributed by atoms with Crippen LogP contribution in [0.25, 0.3) is 10.8 Å². The maximum Gasteiger partial charge on any atom is 0.247 e. The molecule has 220 valence electrons. The standard InChI is InChI=1S/C32H43N5O4/c1-32(2,3)31(41)37(30(40)27-12-8-16-34-27)28(18-22-13-14-23-9-5-6-10-24(23)17-22)29(39)35-19-26(38)21-36(4)20-25-11-7-15-33-25/h5-7,9-11,13-15,17,26-28,33-34,38H,8,12,16,18-21H2,1-4H3,(H,35,39)/t26?,27-,28+/m0/s1. The molecule has 2 heterocycles. The Morgan fingerprint density at radius 1 is 1.07 bits per heavy atom. The van der Waals surface area contributed by atoms with Crippen LogP contribution in [-0.4, -0.2) is 82.5 Å². The highest BCUT2D eigenvalue weighted by Crippen LogP contribution is 2.25. The molecule has 9 nitrogen and oxygen atoms in total. The molecule has 0 spiro atoms. The number of nitrogens with one attached hydrogen (secondary N) is 3. The van der Waals surface area contributed by atoms with Crippen LogP contribution in [0, 0.1) is 5.41 Å². The number of aliphatic hydroxyl groups is 1. The molecule has 2 aromatic carbocycles. The van der Waals surface area contributed by atoms with Crippen LogP contribution in [0.2, 0.25) is 0 Å². The van der Waals surface area contributed by atoms with E-state index in [1.807, 2.05) is 72.7 Å². The van der Waals surface area contributed by atoms with Gasteiger partial charge >= 0.3 is 0 Å². The number of hydrogen-bond acceptors (Lipinski definition) is 6. The summed E-state index contributed by atoms with van der Waals surface area (Å²) in [6.07, 6.45) is 2.63. The van der Waals surface area contributed by atoms with Crippen molar-refractivity contribution in [1.82, 2.24) is 25.4 Å². The fourth-order valence-electron chi connectivity index (χ4n) is 5.29. The van der Waals surface area contributed by atoms with E-state index in [0.29, 0.717) is 26.1 Å². The molecule has 3 aromatic rings. The number of aliphatic hydroxyl groups excluding tert-OH is 1. The van der Waals surface area contributed by atoms with Gasteiger partial charge in [-0.05, 0) is 54.9 Å². The number of H-pyrrole nitrogens is 1. The first kappa shape index (κ1) is 30.4. The summed E-state index contributed by atoms with van der Waals surface area (Å²) < 4.78 is 0. The predicted octanol–water partition coefficient (Wildman–Crippen LogP) is 2.84. The number of carbonyl (C=O) groups excluding carboxylic acids is 3. The van der Waals surface area contributed by atoms with Gasteiger partial charge in [0.2, 0.25) is 17.7 Å². The summed E-state index contributed by atoms with van der Waals surface area (Å²) in [6, 6.07) is 16.2.